The lowest BCUT2D eigenvalue weighted by atomic mass is 9.82. The molecule has 38 heavy (non-hydrogen) atoms. The third-order valence-corrected chi connectivity index (χ3v) is 9.54. The quantitative estimate of drug-likeness (QED) is 0.429. The van der Waals surface area contributed by atoms with Crippen molar-refractivity contribution in [2.45, 2.75) is 83.3 Å². The van der Waals surface area contributed by atoms with Gasteiger partial charge in [-0.25, -0.2) is 4.98 Å². The maximum atomic E-state index is 14.4. The van der Waals surface area contributed by atoms with Crippen molar-refractivity contribution in [2.75, 3.05) is 19.6 Å². The summed E-state index contributed by atoms with van der Waals surface area (Å²) >= 11 is 1.66. The van der Waals surface area contributed by atoms with Crippen LogP contribution in [0.2, 0.25) is 0 Å². The molecule has 1 N–H and O–H groups in total. The molecule has 3 fully saturated rings. The lowest BCUT2D eigenvalue weighted by molar-refractivity contribution is -0.144. The van der Waals surface area contributed by atoms with Gasteiger partial charge >= 0.3 is 0 Å². The summed E-state index contributed by atoms with van der Waals surface area (Å²) in [4.78, 5) is 37.0. The number of benzene rings is 1. The van der Waals surface area contributed by atoms with Crippen molar-refractivity contribution in [3.8, 4) is 11.3 Å². The fourth-order valence-electron chi connectivity index (χ4n) is 6.16. The Kier molecular flexibility index (Phi) is 11.5. The molecule has 5 rings (SSSR count). The minimum Gasteiger partial charge on any atom is -0.344 e. The SMILES string of the molecule is CC[C@@H](C)C(=O)N[C@H](C(=O)N1C[C@H]2CCCN2C[C@H]1c1nc(-c2ccccc2)cs1)C1CCCCC1.Cl.Cl. The normalized spacial score (nSPS) is 23.5. The van der Waals surface area contributed by atoms with Crippen molar-refractivity contribution >= 4 is 48.0 Å². The Bertz CT molecular complexity index is 1050. The lowest BCUT2D eigenvalue weighted by Gasteiger charge is -2.45. The first-order valence-electron chi connectivity index (χ1n) is 13.9. The van der Waals surface area contributed by atoms with Crippen LogP contribution in [0.4, 0.5) is 0 Å². The zero-order valence-electron chi connectivity index (χ0n) is 22.5. The molecule has 9 heteroatoms. The fourth-order valence-corrected chi connectivity index (χ4v) is 7.09. The Morgan fingerprint density at radius 2 is 1.79 bits per heavy atom. The van der Waals surface area contributed by atoms with Crippen LogP contribution in [-0.2, 0) is 9.59 Å². The number of nitrogens with one attached hydrogen (secondary N) is 1. The summed E-state index contributed by atoms with van der Waals surface area (Å²) in [7, 11) is 0. The van der Waals surface area contributed by atoms with Crippen molar-refractivity contribution in [1.29, 1.82) is 0 Å². The van der Waals surface area contributed by atoms with Crippen LogP contribution in [-0.4, -0.2) is 58.3 Å². The van der Waals surface area contributed by atoms with Gasteiger partial charge in [-0.3, -0.25) is 14.5 Å². The molecule has 0 radical (unpaired) electrons. The number of halogens is 2. The summed E-state index contributed by atoms with van der Waals surface area (Å²) in [5.41, 5.74) is 2.08. The monoisotopic (exact) mass is 580 g/mol. The zero-order valence-corrected chi connectivity index (χ0v) is 25.0. The van der Waals surface area contributed by atoms with E-state index in [1.807, 2.05) is 32.0 Å². The molecule has 1 aromatic carbocycles. The summed E-state index contributed by atoms with van der Waals surface area (Å²) in [6, 6.07) is 10.2. The van der Waals surface area contributed by atoms with Crippen LogP contribution < -0.4 is 5.32 Å². The Morgan fingerprint density at radius 3 is 2.50 bits per heavy atom. The van der Waals surface area contributed by atoms with E-state index < -0.39 is 6.04 Å². The average Bonchev–Trinajstić information content (AvgIpc) is 3.60. The van der Waals surface area contributed by atoms with Gasteiger partial charge < -0.3 is 10.2 Å². The van der Waals surface area contributed by atoms with Crippen molar-refractivity contribution < 1.29 is 9.59 Å². The number of carbonyl (C=O) groups is 2. The smallest absolute Gasteiger partial charge is 0.246 e. The van der Waals surface area contributed by atoms with E-state index in [9.17, 15) is 9.59 Å². The highest BCUT2D eigenvalue weighted by Gasteiger charge is 2.44. The molecular weight excluding hydrogens is 539 g/mol. The first-order chi connectivity index (χ1) is 17.5. The van der Waals surface area contributed by atoms with E-state index in [1.165, 1.54) is 12.8 Å². The predicted octanol–water partition coefficient (Wildman–Crippen LogP) is 6.11. The number of thiazole rings is 1. The van der Waals surface area contributed by atoms with Crippen molar-refractivity contribution in [3.05, 3.63) is 40.7 Å². The molecule has 2 aliphatic heterocycles. The molecule has 210 valence electrons. The predicted molar refractivity (Wildman–Crippen MR) is 159 cm³/mol. The van der Waals surface area contributed by atoms with E-state index in [-0.39, 0.29) is 54.5 Å². The van der Waals surface area contributed by atoms with Gasteiger partial charge in [0.25, 0.3) is 0 Å². The minimum absolute atomic E-state index is 0. The van der Waals surface area contributed by atoms with Gasteiger partial charge in [0.2, 0.25) is 11.8 Å². The van der Waals surface area contributed by atoms with Crippen LogP contribution in [0.15, 0.2) is 35.7 Å². The van der Waals surface area contributed by atoms with E-state index in [0.717, 1.165) is 74.4 Å². The first kappa shape index (κ1) is 30.9. The van der Waals surface area contributed by atoms with Crippen LogP contribution in [0.1, 0.15) is 76.3 Å². The van der Waals surface area contributed by atoms with Crippen molar-refractivity contribution in [1.82, 2.24) is 20.1 Å². The Morgan fingerprint density at radius 1 is 1.05 bits per heavy atom. The van der Waals surface area contributed by atoms with Crippen LogP contribution >= 0.6 is 36.2 Å². The van der Waals surface area contributed by atoms with Gasteiger partial charge in [0.05, 0.1) is 11.7 Å². The molecule has 2 aromatic rings. The van der Waals surface area contributed by atoms with Gasteiger partial charge in [0.15, 0.2) is 0 Å². The third kappa shape index (κ3) is 6.72. The van der Waals surface area contributed by atoms with Gasteiger partial charge in [0.1, 0.15) is 11.0 Å². The standard InChI is InChI=1S/C29H40N4O2S.2ClH/c1-3-20(2)27(34)31-26(22-13-8-5-9-14-22)29(35)33-17-23-15-10-16-32(23)18-25(33)28-30-24(19-36-28)21-11-6-4-7-12-21;;/h4,6-7,11-12,19-20,22-23,25-26H,3,5,8-10,13-18H2,1-2H3,(H,31,34);2*1H/t20-,23-,25+,26+;;/m1../s1. The first-order valence-corrected chi connectivity index (χ1v) is 14.8. The Hall–Kier alpha value is -1.67. The second-order valence-corrected chi connectivity index (χ2v) is 11.8. The number of piperazine rings is 1. The van der Waals surface area contributed by atoms with Crippen molar-refractivity contribution in [3.63, 3.8) is 0 Å². The molecule has 3 aliphatic rings. The molecule has 2 amide bonds. The van der Waals surface area contributed by atoms with E-state index in [4.69, 9.17) is 4.98 Å². The zero-order chi connectivity index (χ0) is 25.1. The fraction of sp³-hybridized carbons (Fsp3) is 0.621. The molecule has 6 nitrogen and oxygen atoms in total. The second kappa shape index (κ2) is 14.1. The summed E-state index contributed by atoms with van der Waals surface area (Å²) in [5.74, 6) is 0.251. The van der Waals surface area contributed by atoms with Crippen LogP contribution in [0.25, 0.3) is 11.3 Å². The second-order valence-electron chi connectivity index (χ2n) is 10.9. The summed E-state index contributed by atoms with van der Waals surface area (Å²) < 4.78 is 0. The molecule has 1 aliphatic carbocycles. The number of carbonyl (C=O) groups excluding carboxylic acids is 2. The highest BCUT2D eigenvalue weighted by molar-refractivity contribution is 7.10. The topological polar surface area (TPSA) is 65.5 Å². The van der Waals surface area contributed by atoms with Gasteiger partial charge in [-0.15, -0.1) is 36.2 Å². The van der Waals surface area contributed by atoms with E-state index >= 15 is 0 Å². The molecule has 3 heterocycles. The molecule has 1 aromatic heterocycles. The minimum atomic E-state index is -0.434. The highest BCUT2D eigenvalue weighted by atomic mass is 35.5. The Labute approximate surface area is 243 Å². The molecule has 4 atom stereocenters. The van der Waals surface area contributed by atoms with E-state index in [1.54, 1.807) is 11.3 Å². The maximum Gasteiger partial charge on any atom is 0.246 e. The molecular formula is C29H42Cl2N4O2S. The summed E-state index contributed by atoms with van der Waals surface area (Å²) in [5, 5.41) is 6.36. The molecule has 0 spiro atoms. The van der Waals surface area contributed by atoms with Crippen molar-refractivity contribution in [2.24, 2.45) is 11.8 Å². The number of amides is 2. The average molecular weight is 582 g/mol. The van der Waals surface area contributed by atoms with Crippen LogP contribution in [0.3, 0.4) is 0 Å². The summed E-state index contributed by atoms with van der Waals surface area (Å²) in [6.07, 6.45) is 8.63. The third-order valence-electron chi connectivity index (χ3n) is 8.59. The van der Waals surface area contributed by atoms with Crippen LogP contribution in [0, 0.1) is 11.8 Å². The number of aromatic nitrogens is 1. The Balaban J connectivity index is 0.00000200. The molecule has 1 saturated carbocycles. The molecule has 0 bridgehead atoms. The van der Waals surface area contributed by atoms with Gasteiger partial charge in [0, 0.05) is 36.0 Å². The van der Waals surface area contributed by atoms with Gasteiger partial charge in [-0.05, 0) is 44.6 Å². The van der Waals surface area contributed by atoms with E-state index in [0.29, 0.717) is 6.04 Å². The highest BCUT2D eigenvalue weighted by Crippen LogP contribution is 2.37. The summed E-state index contributed by atoms with van der Waals surface area (Å²) in [6.45, 7) is 6.64. The molecule has 2 saturated heterocycles. The number of hydrogen-bond acceptors (Lipinski definition) is 5. The molecule has 0 unspecified atom stereocenters. The van der Waals surface area contributed by atoms with Crippen LogP contribution in [0.5, 0.6) is 0 Å². The van der Waals surface area contributed by atoms with E-state index in [2.05, 4.69) is 32.6 Å². The lowest BCUT2D eigenvalue weighted by Crippen LogP contribution is -2.60. The number of fused-ring (bicyclic) bond motifs is 1. The van der Waals surface area contributed by atoms with Gasteiger partial charge in [-0.2, -0.15) is 0 Å². The maximum absolute atomic E-state index is 14.4. The number of rotatable bonds is 7. The number of nitrogens with zero attached hydrogens (tertiary/aromatic N) is 3. The largest absolute Gasteiger partial charge is 0.344 e. The number of hydrogen-bond donors (Lipinski definition) is 1. The van der Waals surface area contributed by atoms with Gasteiger partial charge in [-0.1, -0.05) is 63.4 Å².